The number of rotatable bonds is 7. The molecule has 0 aliphatic rings. The van der Waals surface area contributed by atoms with Crippen molar-refractivity contribution in [3.05, 3.63) is 54.6 Å². The summed E-state index contributed by atoms with van der Waals surface area (Å²) >= 11 is 1.42. The molecule has 0 saturated carbocycles. The summed E-state index contributed by atoms with van der Waals surface area (Å²) in [5, 5.41) is 0. The van der Waals surface area contributed by atoms with Crippen molar-refractivity contribution in [2.75, 3.05) is 5.75 Å². The highest BCUT2D eigenvalue weighted by atomic mass is 32.2. The Hall–Kier alpha value is -2.01. The minimum atomic E-state index is -0.983. The summed E-state index contributed by atoms with van der Waals surface area (Å²) in [6, 6.07) is 9.55. The van der Waals surface area contributed by atoms with E-state index in [1.165, 1.54) is 25.6 Å². The van der Waals surface area contributed by atoms with Crippen LogP contribution in [0.5, 0.6) is 0 Å². The van der Waals surface area contributed by atoms with E-state index in [1.807, 2.05) is 30.3 Å². The van der Waals surface area contributed by atoms with E-state index in [2.05, 4.69) is 13.2 Å². The molecular weight excluding hydrogens is 288 g/mol. The van der Waals surface area contributed by atoms with Gasteiger partial charge >= 0.3 is 11.9 Å². The standard InChI is InChI=1S/C16H18O4S/c1-11(2)15(17)19-14(20-16(18)12(3)4)10-21-13-8-6-5-7-9-13/h5-9,14H,1,3,10H2,2,4H3. The first-order valence-corrected chi connectivity index (χ1v) is 7.29. The Labute approximate surface area is 128 Å². The summed E-state index contributed by atoms with van der Waals surface area (Å²) in [6.45, 7) is 10.1. The zero-order chi connectivity index (χ0) is 15.8. The second kappa shape index (κ2) is 8.32. The molecule has 0 aliphatic heterocycles. The fraction of sp³-hybridized carbons (Fsp3) is 0.250. The Kier molecular flexibility index (Phi) is 6.75. The summed E-state index contributed by atoms with van der Waals surface area (Å²) < 4.78 is 10.2. The fourth-order valence-corrected chi connectivity index (χ4v) is 2.03. The van der Waals surface area contributed by atoms with E-state index in [1.54, 1.807) is 0 Å². The normalized spacial score (nSPS) is 10.0. The molecule has 0 aromatic heterocycles. The van der Waals surface area contributed by atoms with Crippen molar-refractivity contribution in [3.8, 4) is 0 Å². The number of hydrogen-bond acceptors (Lipinski definition) is 5. The van der Waals surface area contributed by atoms with Crippen LogP contribution in [0.25, 0.3) is 0 Å². The third kappa shape index (κ3) is 6.31. The van der Waals surface area contributed by atoms with Crippen molar-refractivity contribution < 1.29 is 19.1 Å². The van der Waals surface area contributed by atoms with Crippen LogP contribution in [0.15, 0.2) is 59.5 Å². The number of carbonyl (C=O) groups is 2. The van der Waals surface area contributed by atoms with Gasteiger partial charge in [0.15, 0.2) is 0 Å². The average Bonchev–Trinajstić information content (AvgIpc) is 2.45. The second-order valence-electron chi connectivity index (χ2n) is 4.42. The van der Waals surface area contributed by atoms with Gasteiger partial charge in [0.2, 0.25) is 0 Å². The SMILES string of the molecule is C=C(C)C(=O)OC(CSc1ccccc1)OC(=O)C(=C)C. The zero-order valence-electron chi connectivity index (χ0n) is 12.1. The number of thioether (sulfide) groups is 1. The maximum atomic E-state index is 11.6. The number of carbonyl (C=O) groups excluding carboxylic acids is 2. The summed E-state index contributed by atoms with van der Waals surface area (Å²) in [4.78, 5) is 24.1. The largest absolute Gasteiger partial charge is 0.421 e. The van der Waals surface area contributed by atoms with Crippen LogP contribution in [0.3, 0.4) is 0 Å². The Bertz CT molecular complexity index is 508. The van der Waals surface area contributed by atoms with Gasteiger partial charge in [0, 0.05) is 16.0 Å². The monoisotopic (exact) mass is 306 g/mol. The van der Waals surface area contributed by atoms with Crippen LogP contribution in [-0.2, 0) is 19.1 Å². The first-order valence-electron chi connectivity index (χ1n) is 6.31. The Balaban J connectivity index is 2.66. The van der Waals surface area contributed by atoms with Gasteiger partial charge in [-0.05, 0) is 26.0 Å². The molecule has 1 aromatic carbocycles. The van der Waals surface area contributed by atoms with Crippen molar-refractivity contribution in [3.63, 3.8) is 0 Å². The van der Waals surface area contributed by atoms with E-state index in [0.29, 0.717) is 5.75 Å². The van der Waals surface area contributed by atoms with Crippen LogP contribution in [0.1, 0.15) is 13.8 Å². The molecular formula is C16H18O4S. The molecule has 0 fully saturated rings. The number of benzene rings is 1. The molecule has 0 saturated heterocycles. The van der Waals surface area contributed by atoms with E-state index >= 15 is 0 Å². The van der Waals surface area contributed by atoms with Gasteiger partial charge < -0.3 is 9.47 Å². The highest BCUT2D eigenvalue weighted by Gasteiger charge is 2.20. The highest BCUT2D eigenvalue weighted by Crippen LogP contribution is 2.20. The molecule has 0 amide bonds. The summed E-state index contributed by atoms with van der Waals surface area (Å²) in [5.41, 5.74) is 0.493. The molecule has 1 aromatic rings. The van der Waals surface area contributed by atoms with E-state index in [-0.39, 0.29) is 11.1 Å². The van der Waals surface area contributed by atoms with Crippen molar-refractivity contribution in [1.82, 2.24) is 0 Å². The van der Waals surface area contributed by atoms with E-state index in [0.717, 1.165) is 4.90 Å². The van der Waals surface area contributed by atoms with Crippen LogP contribution >= 0.6 is 11.8 Å². The van der Waals surface area contributed by atoms with Gasteiger partial charge in [0.25, 0.3) is 6.29 Å². The molecule has 112 valence electrons. The molecule has 0 N–H and O–H groups in total. The molecule has 0 heterocycles. The van der Waals surface area contributed by atoms with Crippen LogP contribution < -0.4 is 0 Å². The third-order valence-corrected chi connectivity index (χ3v) is 3.35. The molecule has 5 heteroatoms. The van der Waals surface area contributed by atoms with Gasteiger partial charge in [0.05, 0.1) is 5.75 Å². The molecule has 0 bridgehead atoms. The highest BCUT2D eigenvalue weighted by molar-refractivity contribution is 7.99. The average molecular weight is 306 g/mol. The lowest BCUT2D eigenvalue weighted by Gasteiger charge is -2.18. The van der Waals surface area contributed by atoms with Crippen molar-refractivity contribution in [1.29, 1.82) is 0 Å². The molecule has 0 aliphatic carbocycles. The summed E-state index contributed by atoms with van der Waals surface area (Å²) in [7, 11) is 0. The minimum Gasteiger partial charge on any atom is -0.421 e. The van der Waals surface area contributed by atoms with Gasteiger partial charge in [-0.25, -0.2) is 9.59 Å². The van der Waals surface area contributed by atoms with Gasteiger partial charge in [-0.3, -0.25) is 0 Å². The van der Waals surface area contributed by atoms with E-state index < -0.39 is 18.2 Å². The molecule has 1 rings (SSSR count). The van der Waals surface area contributed by atoms with Gasteiger partial charge in [0.1, 0.15) is 0 Å². The Morgan fingerprint density at radius 3 is 1.95 bits per heavy atom. The molecule has 21 heavy (non-hydrogen) atoms. The van der Waals surface area contributed by atoms with Crippen LogP contribution in [-0.4, -0.2) is 24.0 Å². The predicted molar refractivity (Wildman–Crippen MR) is 82.8 cm³/mol. The summed E-state index contributed by atoms with van der Waals surface area (Å²) in [5.74, 6) is -0.895. The van der Waals surface area contributed by atoms with Crippen molar-refractivity contribution >= 4 is 23.7 Å². The maximum Gasteiger partial charge on any atom is 0.336 e. The fourth-order valence-electron chi connectivity index (χ4n) is 1.21. The van der Waals surface area contributed by atoms with E-state index in [4.69, 9.17) is 9.47 Å². The quantitative estimate of drug-likeness (QED) is 0.335. The maximum absolute atomic E-state index is 11.6. The van der Waals surface area contributed by atoms with E-state index in [9.17, 15) is 9.59 Å². The van der Waals surface area contributed by atoms with Gasteiger partial charge in [-0.15, -0.1) is 11.8 Å². The zero-order valence-corrected chi connectivity index (χ0v) is 12.9. The molecule has 0 atom stereocenters. The van der Waals surface area contributed by atoms with Crippen LogP contribution in [0.4, 0.5) is 0 Å². The molecule has 0 radical (unpaired) electrons. The smallest absolute Gasteiger partial charge is 0.336 e. The number of esters is 2. The third-order valence-electron chi connectivity index (χ3n) is 2.30. The first kappa shape index (κ1) is 17.0. The second-order valence-corrected chi connectivity index (χ2v) is 5.52. The first-order chi connectivity index (χ1) is 9.90. The Morgan fingerprint density at radius 1 is 1.05 bits per heavy atom. The molecule has 0 spiro atoms. The van der Waals surface area contributed by atoms with Crippen molar-refractivity contribution in [2.24, 2.45) is 0 Å². The van der Waals surface area contributed by atoms with Crippen LogP contribution in [0, 0.1) is 0 Å². The minimum absolute atomic E-state index is 0.246. The lowest BCUT2D eigenvalue weighted by molar-refractivity contribution is -0.177. The van der Waals surface area contributed by atoms with Crippen molar-refractivity contribution in [2.45, 2.75) is 25.0 Å². The lowest BCUT2D eigenvalue weighted by Crippen LogP contribution is -2.27. The van der Waals surface area contributed by atoms with Crippen LogP contribution in [0.2, 0.25) is 0 Å². The lowest BCUT2D eigenvalue weighted by atomic mass is 10.3. The van der Waals surface area contributed by atoms with Gasteiger partial charge in [-0.2, -0.15) is 0 Å². The molecule has 0 unspecified atom stereocenters. The number of hydrogen-bond donors (Lipinski definition) is 0. The van der Waals surface area contributed by atoms with Gasteiger partial charge in [-0.1, -0.05) is 31.4 Å². The summed E-state index contributed by atoms with van der Waals surface area (Å²) in [6.07, 6.45) is -0.983. The predicted octanol–water partition coefficient (Wildman–Crippen LogP) is 3.34. The number of ether oxygens (including phenoxy) is 2. The molecule has 4 nitrogen and oxygen atoms in total. The Morgan fingerprint density at radius 2 is 1.52 bits per heavy atom. The topological polar surface area (TPSA) is 52.6 Å².